The van der Waals surface area contributed by atoms with Crippen LogP contribution in [0.5, 0.6) is 0 Å². The molecule has 0 aliphatic heterocycles. The number of amides is 1. The third-order valence-electron chi connectivity index (χ3n) is 2.48. The molecule has 1 aromatic heterocycles. The third-order valence-corrected chi connectivity index (χ3v) is 2.91. The van der Waals surface area contributed by atoms with Gasteiger partial charge in [0.2, 0.25) is 5.91 Å². The Hall–Kier alpha value is -1.10. The molecule has 1 aromatic rings. The second-order valence-electron chi connectivity index (χ2n) is 4.82. The van der Waals surface area contributed by atoms with Crippen molar-refractivity contribution < 1.29 is 4.79 Å². The molecule has 0 aliphatic carbocycles. The van der Waals surface area contributed by atoms with Gasteiger partial charge in [-0.15, -0.1) is 0 Å². The van der Waals surface area contributed by atoms with E-state index in [1.54, 1.807) is 6.20 Å². The zero-order chi connectivity index (χ0) is 13.7. The van der Waals surface area contributed by atoms with Crippen molar-refractivity contribution in [1.82, 2.24) is 10.3 Å². The van der Waals surface area contributed by atoms with Crippen LogP contribution in [-0.4, -0.2) is 23.5 Å². The van der Waals surface area contributed by atoms with E-state index >= 15 is 0 Å². The van der Waals surface area contributed by atoms with Crippen molar-refractivity contribution in [2.45, 2.75) is 33.7 Å². The van der Waals surface area contributed by atoms with Crippen LogP contribution in [-0.2, 0) is 4.79 Å². The Morgan fingerprint density at radius 2 is 2.11 bits per heavy atom. The number of aromatic nitrogens is 1. The average Bonchev–Trinajstić information content (AvgIpc) is 2.29. The molecule has 0 saturated carbocycles. The molecule has 0 aliphatic rings. The molecule has 0 saturated heterocycles. The average molecular weight is 314 g/mol. The van der Waals surface area contributed by atoms with Crippen LogP contribution in [0.1, 0.15) is 26.3 Å². The molecule has 1 amide bonds. The Morgan fingerprint density at radius 3 is 2.67 bits per heavy atom. The summed E-state index contributed by atoms with van der Waals surface area (Å²) < 4.78 is 0.933. The van der Waals surface area contributed by atoms with E-state index in [0.717, 1.165) is 15.9 Å². The molecule has 0 spiro atoms. The number of hydrogen-bond donors (Lipinski definition) is 2. The highest BCUT2D eigenvalue weighted by Gasteiger charge is 2.14. The van der Waals surface area contributed by atoms with Crippen molar-refractivity contribution in [3.8, 4) is 0 Å². The van der Waals surface area contributed by atoms with Crippen LogP contribution >= 0.6 is 15.9 Å². The monoisotopic (exact) mass is 313 g/mol. The zero-order valence-electron chi connectivity index (χ0n) is 11.2. The van der Waals surface area contributed by atoms with Gasteiger partial charge in [0.1, 0.15) is 11.9 Å². The lowest BCUT2D eigenvalue weighted by Crippen LogP contribution is -2.39. The first-order valence-electron chi connectivity index (χ1n) is 6.06. The number of pyridine rings is 1. The van der Waals surface area contributed by atoms with Crippen LogP contribution in [0.4, 0.5) is 5.82 Å². The fourth-order valence-electron chi connectivity index (χ4n) is 1.42. The summed E-state index contributed by atoms with van der Waals surface area (Å²) in [5.74, 6) is 1.19. The fraction of sp³-hybridized carbons (Fsp3) is 0.538. The maximum Gasteiger partial charge on any atom is 0.242 e. The van der Waals surface area contributed by atoms with E-state index in [-0.39, 0.29) is 11.9 Å². The van der Waals surface area contributed by atoms with E-state index in [1.165, 1.54) is 0 Å². The van der Waals surface area contributed by atoms with Gasteiger partial charge in [0.15, 0.2) is 0 Å². The largest absolute Gasteiger partial charge is 0.358 e. The molecule has 1 heterocycles. The zero-order valence-corrected chi connectivity index (χ0v) is 12.8. The number of rotatable bonds is 5. The SMILES string of the molecule is Cc1cc(Br)cnc1NC(C)C(=O)NCC(C)C. The first kappa shape index (κ1) is 15.0. The van der Waals surface area contributed by atoms with E-state index in [1.807, 2.05) is 19.9 Å². The van der Waals surface area contributed by atoms with Crippen molar-refractivity contribution in [2.75, 3.05) is 11.9 Å². The first-order valence-corrected chi connectivity index (χ1v) is 6.86. The van der Waals surface area contributed by atoms with Gasteiger partial charge in [-0.1, -0.05) is 13.8 Å². The molecule has 1 unspecified atom stereocenters. The van der Waals surface area contributed by atoms with Crippen molar-refractivity contribution in [3.05, 3.63) is 22.3 Å². The third kappa shape index (κ3) is 4.64. The number of carbonyl (C=O) groups excluding carboxylic acids is 1. The Labute approximate surface area is 117 Å². The van der Waals surface area contributed by atoms with Gasteiger partial charge in [-0.05, 0) is 47.3 Å². The van der Waals surface area contributed by atoms with Crippen LogP contribution in [0.15, 0.2) is 16.7 Å². The van der Waals surface area contributed by atoms with Gasteiger partial charge < -0.3 is 10.6 Å². The van der Waals surface area contributed by atoms with Crippen LogP contribution in [0.25, 0.3) is 0 Å². The predicted octanol–water partition coefficient (Wildman–Crippen LogP) is 2.73. The minimum atomic E-state index is -0.295. The molecule has 0 aromatic carbocycles. The van der Waals surface area contributed by atoms with E-state index in [2.05, 4.69) is 45.4 Å². The molecule has 100 valence electrons. The number of nitrogens with one attached hydrogen (secondary N) is 2. The van der Waals surface area contributed by atoms with Gasteiger partial charge in [0.05, 0.1) is 0 Å². The fourth-order valence-corrected chi connectivity index (χ4v) is 1.87. The summed E-state index contributed by atoms with van der Waals surface area (Å²) in [6.07, 6.45) is 1.72. The highest BCUT2D eigenvalue weighted by molar-refractivity contribution is 9.10. The van der Waals surface area contributed by atoms with Gasteiger partial charge >= 0.3 is 0 Å². The van der Waals surface area contributed by atoms with Gasteiger partial charge in [-0.25, -0.2) is 4.98 Å². The summed E-state index contributed by atoms with van der Waals surface area (Å²) in [5.41, 5.74) is 1.01. The Morgan fingerprint density at radius 1 is 1.44 bits per heavy atom. The smallest absolute Gasteiger partial charge is 0.242 e. The van der Waals surface area contributed by atoms with E-state index in [0.29, 0.717) is 12.5 Å². The second-order valence-corrected chi connectivity index (χ2v) is 5.74. The van der Waals surface area contributed by atoms with Crippen LogP contribution in [0.2, 0.25) is 0 Å². The molecule has 0 bridgehead atoms. The Bertz CT molecular complexity index is 421. The van der Waals surface area contributed by atoms with Crippen molar-refractivity contribution in [1.29, 1.82) is 0 Å². The predicted molar refractivity (Wildman–Crippen MR) is 77.6 cm³/mol. The van der Waals surface area contributed by atoms with E-state index in [4.69, 9.17) is 0 Å². The molecule has 5 heteroatoms. The topological polar surface area (TPSA) is 54.0 Å². The standard InChI is InChI=1S/C13H20BrN3O/c1-8(2)6-16-13(18)10(4)17-12-9(3)5-11(14)7-15-12/h5,7-8,10H,6H2,1-4H3,(H,15,17)(H,16,18). The lowest BCUT2D eigenvalue weighted by Gasteiger charge is -2.16. The molecular weight excluding hydrogens is 294 g/mol. The molecular formula is C13H20BrN3O. The maximum atomic E-state index is 11.8. The van der Waals surface area contributed by atoms with Crippen molar-refractivity contribution >= 4 is 27.7 Å². The van der Waals surface area contributed by atoms with E-state index < -0.39 is 0 Å². The maximum absolute atomic E-state index is 11.8. The molecule has 1 rings (SSSR count). The molecule has 2 N–H and O–H groups in total. The summed E-state index contributed by atoms with van der Waals surface area (Å²) in [6.45, 7) is 8.62. The molecule has 1 atom stereocenters. The van der Waals surface area contributed by atoms with Gasteiger partial charge in [-0.3, -0.25) is 4.79 Å². The van der Waals surface area contributed by atoms with Crippen molar-refractivity contribution in [3.63, 3.8) is 0 Å². The van der Waals surface area contributed by atoms with Crippen LogP contribution < -0.4 is 10.6 Å². The van der Waals surface area contributed by atoms with Crippen LogP contribution in [0.3, 0.4) is 0 Å². The normalized spacial score (nSPS) is 12.3. The van der Waals surface area contributed by atoms with Gasteiger partial charge in [0.25, 0.3) is 0 Å². The minimum absolute atomic E-state index is 0.00665. The highest BCUT2D eigenvalue weighted by Crippen LogP contribution is 2.17. The number of anilines is 1. The second kappa shape index (κ2) is 6.73. The number of halogens is 1. The van der Waals surface area contributed by atoms with Gasteiger partial charge in [-0.2, -0.15) is 0 Å². The van der Waals surface area contributed by atoms with E-state index in [9.17, 15) is 4.79 Å². The summed E-state index contributed by atoms with van der Waals surface area (Å²) >= 11 is 3.36. The van der Waals surface area contributed by atoms with Crippen LogP contribution in [0, 0.1) is 12.8 Å². The molecule has 0 fully saturated rings. The van der Waals surface area contributed by atoms with Gasteiger partial charge in [0, 0.05) is 17.2 Å². The quantitative estimate of drug-likeness (QED) is 0.878. The highest BCUT2D eigenvalue weighted by atomic mass is 79.9. The number of nitrogens with zero attached hydrogens (tertiary/aromatic N) is 1. The summed E-state index contributed by atoms with van der Waals surface area (Å²) in [5, 5.41) is 6.01. The number of carbonyl (C=O) groups is 1. The summed E-state index contributed by atoms with van der Waals surface area (Å²) in [4.78, 5) is 16.1. The Kier molecular flexibility index (Phi) is 5.59. The lowest BCUT2D eigenvalue weighted by molar-refractivity contribution is -0.121. The molecule has 18 heavy (non-hydrogen) atoms. The Balaban J connectivity index is 2.58. The number of aryl methyl sites for hydroxylation is 1. The molecule has 4 nitrogen and oxygen atoms in total. The summed E-state index contributed by atoms with van der Waals surface area (Å²) in [7, 11) is 0. The van der Waals surface area contributed by atoms with Crippen molar-refractivity contribution in [2.24, 2.45) is 5.92 Å². The minimum Gasteiger partial charge on any atom is -0.358 e. The first-order chi connectivity index (χ1) is 8.40. The lowest BCUT2D eigenvalue weighted by atomic mass is 10.2. The summed E-state index contributed by atoms with van der Waals surface area (Å²) in [6, 6.07) is 1.67. The molecule has 0 radical (unpaired) electrons. The number of hydrogen-bond acceptors (Lipinski definition) is 3.